The van der Waals surface area contributed by atoms with Crippen LogP contribution in [0, 0.1) is 0 Å². The maximum atomic E-state index is 12.4. The van der Waals surface area contributed by atoms with Gasteiger partial charge in [0, 0.05) is 26.1 Å². The van der Waals surface area contributed by atoms with Crippen LogP contribution in [-0.4, -0.2) is 50.7 Å². The molecule has 0 aromatic heterocycles. The summed E-state index contributed by atoms with van der Waals surface area (Å²) in [7, 11) is -3.40. The van der Waals surface area contributed by atoms with Gasteiger partial charge in [0.1, 0.15) is 0 Å². The Labute approximate surface area is 148 Å². The number of likely N-dealkylation sites (N-methyl/N-ethyl adjacent to an activating group) is 1. The van der Waals surface area contributed by atoms with Gasteiger partial charge < -0.3 is 10.6 Å². The predicted octanol–water partition coefficient (Wildman–Crippen LogP) is 0.656. The fourth-order valence-corrected chi connectivity index (χ4v) is 4.21. The van der Waals surface area contributed by atoms with E-state index in [4.69, 9.17) is 0 Å². The van der Waals surface area contributed by atoms with Crippen molar-refractivity contribution in [3.05, 3.63) is 29.8 Å². The second-order valence-corrected chi connectivity index (χ2v) is 7.92. The number of hydrogen-bond acceptors (Lipinski definition) is 4. The summed E-state index contributed by atoms with van der Waals surface area (Å²) in [5.74, 6) is -0.424. The van der Waals surface area contributed by atoms with E-state index in [1.165, 1.54) is 4.31 Å². The van der Waals surface area contributed by atoms with Crippen LogP contribution in [0.4, 0.5) is 0 Å². The second-order valence-electron chi connectivity index (χ2n) is 5.99. The van der Waals surface area contributed by atoms with Gasteiger partial charge in [-0.25, -0.2) is 8.42 Å². The summed E-state index contributed by atoms with van der Waals surface area (Å²) in [6.45, 7) is 3.47. The molecule has 0 bridgehead atoms. The van der Waals surface area contributed by atoms with Crippen molar-refractivity contribution in [1.29, 1.82) is 0 Å². The zero-order valence-corrected chi connectivity index (χ0v) is 15.3. The number of aryl methyl sites for hydroxylation is 1. The molecule has 0 radical (unpaired) electrons. The van der Waals surface area contributed by atoms with Gasteiger partial charge in [0.2, 0.25) is 21.8 Å². The summed E-state index contributed by atoms with van der Waals surface area (Å²) < 4.78 is 26.4. The van der Waals surface area contributed by atoms with Gasteiger partial charge >= 0.3 is 0 Å². The number of amides is 2. The van der Waals surface area contributed by atoms with Crippen molar-refractivity contribution >= 4 is 21.8 Å². The van der Waals surface area contributed by atoms with Crippen LogP contribution in [0.15, 0.2) is 29.2 Å². The fourth-order valence-electron chi connectivity index (χ4n) is 2.69. The van der Waals surface area contributed by atoms with Crippen molar-refractivity contribution in [2.75, 3.05) is 26.2 Å². The molecular weight excluding hydrogens is 342 g/mol. The summed E-state index contributed by atoms with van der Waals surface area (Å²) in [4.78, 5) is 23.3. The van der Waals surface area contributed by atoms with E-state index < -0.39 is 10.0 Å². The Hall–Kier alpha value is -1.93. The van der Waals surface area contributed by atoms with Crippen LogP contribution in [-0.2, 0) is 26.0 Å². The topological polar surface area (TPSA) is 95.6 Å². The molecule has 1 aliphatic heterocycles. The molecule has 1 fully saturated rings. The lowest BCUT2D eigenvalue weighted by molar-refractivity contribution is -0.126. The van der Waals surface area contributed by atoms with Gasteiger partial charge in [0.25, 0.3) is 0 Å². The highest BCUT2D eigenvalue weighted by molar-refractivity contribution is 7.89. The molecule has 1 heterocycles. The Morgan fingerprint density at radius 1 is 1.04 bits per heavy atom. The minimum atomic E-state index is -3.40. The smallest absolute Gasteiger partial charge is 0.243 e. The van der Waals surface area contributed by atoms with Crippen LogP contribution >= 0.6 is 0 Å². The third-order valence-corrected chi connectivity index (χ3v) is 6.00. The third-order valence-electron chi connectivity index (χ3n) is 4.09. The highest BCUT2D eigenvalue weighted by Crippen LogP contribution is 2.21. The van der Waals surface area contributed by atoms with Crippen LogP contribution in [0.1, 0.15) is 31.7 Å². The second kappa shape index (κ2) is 8.96. The van der Waals surface area contributed by atoms with Crippen LogP contribution in [0.2, 0.25) is 0 Å². The van der Waals surface area contributed by atoms with Crippen LogP contribution < -0.4 is 10.6 Å². The Morgan fingerprint density at radius 3 is 2.28 bits per heavy atom. The zero-order valence-electron chi connectivity index (χ0n) is 14.5. The number of carbonyl (C=O) groups is 2. The van der Waals surface area contributed by atoms with E-state index in [0.717, 1.165) is 18.4 Å². The van der Waals surface area contributed by atoms with E-state index in [2.05, 4.69) is 10.6 Å². The number of sulfonamides is 1. The molecule has 2 N–H and O–H groups in total. The van der Waals surface area contributed by atoms with E-state index in [-0.39, 0.29) is 24.8 Å². The summed E-state index contributed by atoms with van der Waals surface area (Å²) in [6, 6.07) is 6.66. The lowest BCUT2D eigenvalue weighted by Crippen LogP contribution is -2.36. The Balaban J connectivity index is 1.84. The van der Waals surface area contributed by atoms with Crippen molar-refractivity contribution in [3.8, 4) is 0 Å². The van der Waals surface area contributed by atoms with Crippen molar-refractivity contribution in [2.45, 2.75) is 37.5 Å². The predicted molar refractivity (Wildman–Crippen MR) is 94.4 cm³/mol. The molecular formula is C17H25N3O4S. The highest BCUT2D eigenvalue weighted by Gasteiger charge is 2.26. The van der Waals surface area contributed by atoms with Crippen molar-refractivity contribution in [1.82, 2.24) is 14.9 Å². The van der Waals surface area contributed by atoms with Crippen molar-refractivity contribution in [3.63, 3.8) is 0 Å². The molecule has 1 aromatic rings. The molecule has 0 spiro atoms. The molecule has 1 aliphatic rings. The van der Waals surface area contributed by atoms with E-state index in [0.29, 0.717) is 31.0 Å². The van der Waals surface area contributed by atoms with Gasteiger partial charge in [-0.2, -0.15) is 4.31 Å². The molecule has 7 nitrogen and oxygen atoms in total. The molecule has 1 saturated heterocycles. The molecule has 138 valence electrons. The molecule has 0 unspecified atom stereocenters. The SMILES string of the molecule is CCNC(=O)CNC(=O)CCc1ccc(S(=O)(=O)N2CCCC2)cc1. The molecule has 0 saturated carbocycles. The first kappa shape index (κ1) is 19.4. The standard InChI is InChI=1S/C17H25N3O4S/c1-2-18-17(22)13-19-16(21)10-7-14-5-8-15(9-6-14)25(23,24)20-11-3-4-12-20/h5-6,8-9H,2-4,7,10-13H2,1H3,(H,18,22)(H,19,21). The Bertz CT molecular complexity index is 695. The quantitative estimate of drug-likeness (QED) is 0.705. The first-order valence-electron chi connectivity index (χ1n) is 8.56. The van der Waals surface area contributed by atoms with Gasteiger partial charge in [-0.1, -0.05) is 12.1 Å². The van der Waals surface area contributed by atoms with E-state index in [1.54, 1.807) is 24.3 Å². The lowest BCUT2D eigenvalue weighted by atomic mass is 10.1. The summed E-state index contributed by atoms with van der Waals surface area (Å²) >= 11 is 0. The lowest BCUT2D eigenvalue weighted by Gasteiger charge is -2.15. The molecule has 8 heteroatoms. The number of nitrogens with zero attached hydrogens (tertiary/aromatic N) is 1. The Morgan fingerprint density at radius 2 is 1.68 bits per heavy atom. The minimum Gasteiger partial charge on any atom is -0.355 e. The molecule has 0 atom stereocenters. The normalized spacial score (nSPS) is 15.1. The molecule has 2 amide bonds. The van der Waals surface area contributed by atoms with E-state index in [9.17, 15) is 18.0 Å². The molecule has 0 aliphatic carbocycles. The Kier molecular flexibility index (Phi) is 6.95. The highest BCUT2D eigenvalue weighted by atomic mass is 32.2. The zero-order chi connectivity index (χ0) is 18.3. The average molecular weight is 367 g/mol. The van der Waals surface area contributed by atoms with Gasteiger partial charge in [-0.05, 0) is 43.9 Å². The van der Waals surface area contributed by atoms with Crippen LogP contribution in [0.25, 0.3) is 0 Å². The summed E-state index contributed by atoms with van der Waals surface area (Å²) in [6.07, 6.45) is 2.55. The summed E-state index contributed by atoms with van der Waals surface area (Å²) in [5.41, 5.74) is 0.883. The van der Waals surface area contributed by atoms with Crippen LogP contribution in [0.5, 0.6) is 0 Å². The average Bonchev–Trinajstić information content (AvgIpc) is 3.14. The van der Waals surface area contributed by atoms with E-state index >= 15 is 0 Å². The fraction of sp³-hybridized carbons (Fsp3) is 0.529. The van der Waals surface area contributed by atoms with Crippen molar-refractivity contribution < 1.29 is 18.0 Å². The van der Waals surface area contributed by atoms with Gasteiger partial charge in [-0.15, -0.1) is 0 Å². The summed E-state index contributed by atoms with van der Waals surface area (Å²) in [5, 5.41) is 5.16. The number of nitrogens with one attached hydrogen (secondary N) is 2. The van der Waals surface area contributed by atoms with E-state index in [1.807, 2.05) is 6.92 Å². The number of hydrogen-bond donors (Lipinski definition) is 2. The van der Waals surface area contributed by atoms with Gasteiger partial charge in [0.05, 0.1) is 11.4 Å². The molecule has 2 rings (SSSR count). The maximum absolute atomic E-state index is 12.4. The van der Waals surface area contributed by atoms with Crippen molar-refractivity contribution in [2.24, 2.45) is 0 Å². The largest absolute Gasteiger partial charge is 0.355 e. The number of rotatable bonds is 8. The third kappa shape index (κ3) is 5.54. The monoisotopic (exact) mass is 367 g/mol. The van der Waals surface area contributed by atoms with Gasteiger partial charge in [-0.3, -0.25) is 9.59 Å². The molecule has 1 aromatic carbocycles. The first-order chi connectivity index (χ1) is 11.9. The first-order valence-corrected chi connectivity index (χ1v) is 10.00. The maximum Gasteiger partial charge on any atom is 0.243 e. The van der Waals surface area contributed by atoms with Gasteiger partial charge in [0.15, 0.2) is 0 Å². The minimum absolute atomic E-state index is 0.0281. The number of carbonyl (C=O) groups excluding carboxylic acids is 2. The molecule has 25 heavy (non-hydrogen) atoms. The number of benzene rings is 1. The van der Waals surface area contributed by atoms with Crippen LogP contribution in [0.3, 0.4) is 0 Å².